The summed E-state index contributed by atoms with van der Waals surface area (Å²) in [4.78, 5) is 4.06. The third-order valence-electron chi connectivity index (χ3n) is 1.85. The van der Waals surface area contributed by atoms with Gasteiger partial charge in [-0.05, 0) is 27.6 Å². The van der Waals surface area contributed by atoms with Gasteiger partial charge in [-0.15, -0.1) is 0 Å². The molecule has 1 rings (SSSR count). The van der Waals surface area contributed by atoms with Gasteiger partial charge in [-0.25, -0.2) is 0 Å². The van der Waals surface area contributed by atoms with E-state index in [-0.39, 0.29) is 12.6 Å². The molecule has 0 spiro atoms. The lowest BCUT2D eigenvalue weighted by Gasteiger charge is -2.19. The fourth-order valence-electron chi connectivity index (χ4n) is 1.28. The SMILES string of the molecule is CC(C)NC(CO)c1cncc(Br)c1. The zero-order chi connectivity index (χ0) is 10.6. The summed E-state index contributed by atoms with van der Waals surface area (Å²) in [5, 5.41) is 12.5. The summed E-state index contributed by atoms with van der Waals surface area (Å²) in [6.07, 6.45) is 3.49. The molecular formula is C10H15BrN2O. The minimum absolute atomic E-state index is 0.0417. The molecule has 1 aromatic rings. The number of aliphatic hydroxyl groups is 1. The summed E-state index contributed by atoms with van der Waals surface area (Å²) in [5.41, 5.74) is 0.996. The summed E-state index contributed by atoms with van der Waals surface area (Å²) in [5.74, 6) is 0. The molecule has 0 aromatic carbocycles. The number of aliphatic hydroxyl groups excluding tert-OH is 1. The van der Waals surface area contributed by atoms with Gasteiger partial charge in [-0.2, -0.15) is 0 Å². The molecule has 0 aliphatic rings. The second kappa shape index (κ2) is 5.44. The Balaban J connectivity index is 2.78. The van der Waals surface area contributed by atoms with Gasteiger partial charge in [0.1, 0.15) is 0 Å². The van der Waals surface area contributed by atoms with Crippen LogP contribution >= 0.6 is 15.9 Å². The molecule has 0 saturated heterocycles. The Labute approximate surface area is 92.7 Å². The molecular weight excluding hydrogens is 244 g/mol. The van der Waals surface area contributed by atoms with Crippen molar-refractivity contribution in [3.8, 4) is 0 Å². The predicted octanol–water partition coefficient (Wildman–Crippen LogP) is 1.88. The van der Waals surface area contributed by atoms with Gasteiger partial charge in [0.15, 0.2) is 0 Å². The van der Waals surface area contributed by atoms with Crippen molar-refractivity contribution in [3.63, 3.8) is 0 Å². The Morgan fingerprint density at radius 3 is 2.71 bits per heavy atom. The van der Waals surface area contributed by atoms with Crippen LogP contribution in [0, 0.1) is 0 Å². The Kier molecular flexibility index (Phi) is 4.51. The molecule has 1 unspecified atom stereocenters. The summed E-state index contributed by atoms with van der Waals surface area (Å²) in [7, 11) is 0. The van der Waals surface area contributed by atoms with E-state index >= 15 is 0 Å². The van der Waals surface area contributed by atoms with Gasteiger partial charge in [0.25, 0.3) is 0 Å². The van der Waals surface area contributed by atoms with Crippen LogP contribution < -0.4 is 5.32 Å². The van der Waals surface area contributed by atoms with Crippen molar-refractivity contribution in [1.29, 1.82) is 0 Å². The molecule has 1 aromatic heterocycles. The van der Waals surface area contributed by atoms with Crippen LogP contribution in [0.25, 0.3) is 0 Å². The Bertz CT molecular complexity index is 291. The van der Waals surface area contributed by atoms with E-state index in [1.807, 2.05) is 19.9 Å². The highest BCUT2D eigenvalue weighted by atomic mass is 79.9. The Morgan fingerprint density at radius 1 is 1.50 bits per heavy atom. The molecule has 0 bridgehead atoms. The highest BCUT2D eigenvalue weighted by Crippen LogP contribution is 2.16. The molecule has 0 amide bonds. The van der Waals surface area contributed by atoms with Crippen LogP contribution in [-0.4, -0.2) is 22.7 Å². The van der Waals surface area contributed by atoms with Crippen LogP contribution in [-0.2, 0) is 0 Å². The zero-order valence-electron chi connectivity index (χ0n) is 8.37. The molecule has 78 valence electrons. The van der Waals surface area contributed by atoms with Crippen LogP contribution in [0.4, 0.5) is 0 Å². The van der Waals surface area contributed by atoms with Gasteiger partial charge >= 0.3 is 0 Å². The average molecular weight is 259 g/mol. The van der Waals surface area contributed by atoms with Crippen LogP contribution in [0.1, 0.15) is 25.5 Å². The number of pyridine rings is 1. The molecule has 0 fully saturated rings. The van der Waals surface area contributed by atoms with Crippen molar-refractivity contribution in [3.05, 3.63) is 28.5 Å². The molecule has 0 aliphatic carbocycles. The van der Waals surface area contributed by atoms with Crippen molar-refractivity contribution < 1.29 is 5.11 Å². The molecule has 4 heteroatoms. The summed E-state index contributed by atoms with van der Waals surface area (Å²) >= 11 is 3.35. The lowest BCUT2D eigenvalue weighted by molar-refractivity contribution is 0.237. The lowest BCUT2D eigenvalue weighted by Crippen LogP contribution is -2.30. The largest absolute Gasteiger partial charge is 0.394 e. The topological polar surface area (TPSA) is 45.1 Å². The second-order valence-corrected chi connectivity index (χ2v) is 4.41. The summed E-state index contributed by atoms with van der Waals surface area (Å²) in [6.45, 7) is 4.18. The number of hydrogen-bond donors (Lipinski definition) is 2. The standard InChI is InChI=1S/C10H15BrN2O/c1-7(2)13-10(6-14)8-3-9(11)5-12-4-8/h3-5,7,10,13-14H,6H2,1-2H3. The van der Waals surface area contributed by atoms with Crippen LogP contribution in [0.5, 0.6) is 0 Å². The number of hydrogen-bond acceptors (Lipinski definition) is 3. The lowest BCUT2D eigenvalue weighted by atomic mass is 10.1. The smallest absolute Gasteiger partial charge is 0.0627 e. The molecule has 1 heterocycles. The van der Waals surface area contributed by atoms with Gasteiger partial charge in [-0.1, -0.05) is 13.8 Å². The van der Waals surface area contributed by atoms with E-state index < -0.39 is 0 Å². The van der Waals surface area contributed by atoms with Gasteiger partial charge in [-0.3, -0.25) is 4.98 Å². The molecule has 2 N–H and O–H groups in total. The number of halogens is 1. The van der Waals surface area contributed by atoms with E-state index in [1.54, 1.807) is 12.4 Å². The summed E-state index contributed by atoms with van der Waals surface area (Å²) < 4.78 is 0.930. The van der Waals surface area contributed by atoms with E-state index in [2.05, 4.69) is 26.2 Å². The van der Waals surface area contributed by atoms with Crippen LogP contribution in [0.3, 0.4) is 0 Å². The second-order valence-electron chi connectivity index (χ2n) is 3.49. The molecule has 0 radical (unpaired) electrons. The number of rotatable bonds is 4. The van der Waals surface area contributed by atoms with E-state index in [0.717, 1.165) is 10.0 Å². The van der Waals surface area contributed by atoms with Crippen molar-refractivity contribution in [2.75, 3.05) is 6.61 Å². The molecule has 0 saturated carbocycles. The van der Waals surface area contributed by atoms with Gasteiger partial charge < -0.3 is 10.4 Å². The first kappa shape index (κ1) is 11.6. The van der Waals surface area contributed by atoms with Gasteiger partial charge in [0.05, 0.1) is 12.6 Å². The minimum atomic E-state index is -0.0417. The maximum absolute atomic E-state index is 9.21. The Hall–Kier alpha value is -0.450. The first-order chi connectivity index (χ1) is 6.63. The first-order valence-corrected chi connectivity index (χ1v) is 5.40. The van der Waals surface area contributed by atoms with Crippen molar-refractivity contribution in [2.45, 2.75) is 25.9 Å². The zero-order valence-corrected chi connectivity index (χ0v) is 9.95. The van der Waals surface area contributed by atoms with Crippen molar-refractivity contribution >= 4 is 15.9 Å². The first-order valence-electron chi connectivity index (χ1n) is 4.61. The quantitative estimate of drug-likeness (QED) is 0.867. The van der Waals surface area contributed by atoms with E-state index in [9.17, 15) is 5.11 Å². The normalized spacial score (nSPS) is 13.2. The van der Waals surface area contributed by atoms with Crippen LogP contribution in [0.2, 0.25) is 0 Å². The number of nitrogens with one attached hydrogen (secondary N) is 1. The van der Waals surface area contributed by atoms with E-state index in [4.69, 9.17) is 0 Å². The van der Waals surface area contributed by atoms with Gasteiger partial charge in [0, 0.05) is 22.9 Å². The third kappa shape index (κ3) is 3.36. The predicted molar refractivity (Wildman–Crippen MR) is 60.0 cm³/mol. The third-order valence-corrected chi connectivity index (χ3v) is 2.28. The number of aromatic nitrogens is 1. The van der Waals surface area contributed by atoms with Crippen molar-refractivity contribution in [1.82, 2.24) is 10.3 Å². The highest BCUT2D eigenvalue weighted by molar-refractivity contribution is 9.10. The fourth-order valence-corrected chi connectivity index (χ4v) is 1.66. The molecule has 1 atom stereocenters. The van der Waals surface area contributed by atoms with Crippen LogP contribution in [0.15, 0.2) is 22.9 Å². The highest BCUT2D eigenvalue weighted by Gasteiger charge is 2.11. The average Bonchev–Trinajstić information content (AvgIpc) is 2.14. The maximum Gasteiger partial charge on any atom is 0.0627 e. The maximum atomic E-state index is 9.21. The van der Waals surface area contributed by atoms with E-state index in [0.29, 0.717) is 6.04 Å². The molecule has 0 aliphatic heterocycles. The van der Waals surface area contributed by atoms with Gasteiger partial charge in [0.2, 0.25) is 0 Å². The molecule has 3 nitrogen and oxygen atoms in total. The van der Waals surface area contributed by atoms with E-state index in [1.165, 1.54) is 0 Å². The minimum Gasteiger partial charge on any atom is -0.394 e. The fraction of sp³-hybridized carbons (Fsp3) is 0.500. The molecule has 14 heavy (non-hydrogen) atoms. The number of nitrogens with zero attached hydrogens (tertiary/aromatic N) is 1. The monoisotopic (exact) mass is 258 g/mol. The summed E-state index contributed by atoms with van der Waals surface area (Å²) in [6, 6.07) is 2.26. The Morgan fingerprint density at radius 2 is 2.21 bits per heavy atom. The van der Waals surface area contributed by atoms with Crippen molar-refractivity contribution in [2.24, 2.45) is 0 Å².